The zero-order chi connectivity index (χ0) is 25.7. The number of aliphatic hydroxyl groups excluding tert-OH is 1. The van der Waals surface area contributed by atoms with Gasteiger partial charge in [0.05, 0.1) is 47.9 Å². The Morgan fingerprint density at radius 2 is 2.11 bits per heavy atom. The van der Waals surface area contributed by atoms with Gasteiger partial charge in [-0.1, -0.05) is 53.5 Å². The zero-order valence-electron chi connectivity index (χ0n) is 20.3. The number of amides is 2. The van der Waals surface area contributed by atoms with E-state index in [-0.39, 0.29) is 29.9 Å². The van der Waals surface area contributed by atoms with Gasteiger partial charge >= 0.3 is 5.97 Å². The molecule has 2 bridgehead atoms. The number of hydrogen-bond acceptors (Lipinski definition) is 6. The summed E-state index contributed by atoms with van der Waals surface area (Å²) in [5.74, 6) is -2.86. The van der Waals surface area contributed by atoms with Crippen molar-refractivity contribution in [1.29, 1.82) is 0 Å². The number of nitrogens with one attached hydrogen (secondary N) is 1. The minimum absolute atomic E-state index is 0.162. The van der Waals surface area contributed by atoms with Crippen LogP contribution in [-0.4, -0.2) is 69.6 Å². The third-order valence-corrected chi connectivity index (χ3v) is 8.51. The fourth-order valence-electron chi connectivity index (χ4n) is 6.07. The Bertz CT molecular complexity index is 1000. The second kappa shape index (κ2) is 10.00. The van der Waals surface area contributed by atoms with Gasteiger partial charge in [0.1, 0.15) is 11.6 Å². The van der Waals surface area contributed by atoms with Gasteiger partial charge in [0.2, 0.25) is 11.8 Å². The number of carbonyl (C=O) groups excluding carboxylic acids is 3. The molecule has 2 N–H and O–H groups in total. The highest BCUT2D eigenvalue weighted by molar-refractivity contribution is 9.09. The highest BCUT2D eigenvalue weighted by Crippen LogP contribution is 2.60. The number of alkyl halides is 1. The van der Waals surface area contributed by atoms with Gasteiger partial charge in [0, 0.05) is 4.83 Å². The summed E-state index contributed by atoms with van der Waals surface area (Å²) in [6, 6.07) is 3.65. The van der Waals surface area contributed by atoms with E-state index in [1.165, 1.54) is 4.90 Å². The van der Waals surface area contributed by atoms with Crippen molar-refractivity contribution in [3.63, 3.8) is 0 Å². The number of benzene rings is 1. The molecule has 3 aliphatic rings. The van der Waals surface area contributed by atoms with E-state index >= 15 is 0 Å². The van der Waals surface area contributed by atoms with Crippen LogP contribution in [0.2, 0.25) is 5.02 Å². The summed E-state index contributed by atoms with van der Waals surface area (Å²) in [6.07, 6.45) is 0.283. The molecular weight excluding hydrogens is 540 g/mol. The van der Waals surface area contributed by atoms with Crippen molar-refractivity contribution >= 4 is 51.0 Å². The standard InChI is InChI=1S/C25H32BrClN2O6/c1-5-34-24(33)17-18-23(32)29(14(11-30)9-12(2)3)21(25(18)10-15(26)20(17)35-25)22(31)28-19-13(4)7-6-8-16(19)27/h6-8,12,14-15,17-18,20-21,30H,5,9-11H2,1-4H3,(H,28,31)/t14-,15?,17+,18-,20+,21+,25-/m1/s1. The summed E-state index contributed by atoms with van der Waals surface area (Å²) in [5.41, 5.74) is 0.00791. The number of aryl methyl sites for hydroxylation is 1. The number of hydrogen-bond donors (Lipinski definition) is 2. The smallest absolute Gasteiger partial charge is 0.312 e. The first-order chi connectivity index (χ1) is 16.6. The molecule has 8 nitrogen and oxygen atoms in total. The van der Waals surface area contributed by atoms with Crippen LogP contribution in [0, 0.1) is 24.7 Å². The third kappa shape index (κ3) is 4.28. The van der Waals surface area contributed by atoms with Crippen LogP contribution in [-0.2, 0) is 23.9 Å². The second-order valence-electron chi connectivity index (χ2n) is 10.0. The number of fused-ring (bicyclic) bond motifs is 1. The van der Waals surface area contributed by atoms with Crippen molar-refractivity contribution < 1.29 is 29.0 Å². The number of rotatable bonds is 8. The highest BCUT2D eigenvalue weighted by atomic mass is 79.9. The number of aliphatic hydroxyl groups is 1. The Balaban J connectivity index is 1.80. The fraction of sp³-hybridized carbons (Fsp3) is 0.640. The molecule has 0 aliphatic carbocycles. The number of nitrogens with zero attached hydrogens (tertiary/aromatic N) is 1. The minimum Gasteiger partial charge on any atom is -0.466 e. The Morgan fingerprint density at radius 1 is 1.40 bits per heavy atom. The highest BCUT2D eigenvalue weighted by Gasteiger charge is 2.77. The largest absolute Gasteiger partial charge is 0.466 e. The maximum absolute atomic E-state index is 14.0. The fourth-order valence-corrected chi connectivity index (χ4v) is 7.28. The quantitative estimate of drug-likeness (QED) is 0.367. The van der Waals surface area contributed by atoms with Crippen molar-refractivity contribution in [2.45, 2.75) is 69.2 Å². The van der Waals surface area contributed by atoms with E-state index in [1.807, 2.05) is 26.8 Å². The molecule has 3 fully saturated rings. The van der Waals surface area contributed by atoms with Crippen LogP contribution in [0.15, 0.2) is 18.2 Å². The summed E-state index contributed by atoms with van der Waals surface area (Å²) in [5, 5.41) is 13.6. The first-order valence-electron chi connectivity index (χ1n) is 12.0. The van der Waals surface area contributed by atoms with Crippen LogP contribution in [0.4, 0.5) is 5.69 Å². The Hall–Kier alpha value is -1.68. The van der Waals surface area contributed by atoms with E-state index in [0.717, 1.165) is 5.56 Å². The SMILES string of the molecule is CCOC(=O)[C@@H]1[C@H]2O[C@@]3(CC2Br)[C@H](C(=O)Nc2c(C)cccc2Cl)N([C@@H](CO)CC(C)C)C(=O)[C@@H]13. The van der Waals surface area contributed by atoms with Gasteiger partial charge in [0.15, 0.2) is 0 Å². The van der Waals surface area contributed by atoms with E-state index in [1.54, 1.807) is 19.1 Å². The first kappa shape index (κ1) is 26.4. The number of halogens is 2. The minimum atomic E-state index is -1.23. The van der Waals surface area contributed by atoms with Crippen molar-refractivity contribution in [1.82, 2.24) is 4.90 Å². The van der Waals surface area contributed by atoms with Crippen LogP contribution in [0.25, 0.3) is 0 Å². The summed E-state index contributed by atoms with van der Waals surface area (Å²) < 4.78 is 11.7. The van der Waals surface area contributed by atoms with Gasteiger partial charge in [-0.25, -0.2) is 0 Å². The third-order valence-electron chi connectivity index (χ3n) is 7.35. The molecule has 1 aromatic rings. The van der Waals surface area contributed by atoms with Gasteiger partial charge < -0.3 is 24.8 Å². The molecule has 2 amide bonds. The van der Waals surface area contributed by atoms with Crippen LogP contribution in [0.5, 0.6) is 0 Å². The van der Waals surface area contributed by atoms with Crippen LogP contribution in [0.3, 0.4) is 0 Å². The molecule has 3 saturated heterocycles. The van der Waals surface area contributed by atoms with Crippen LogP contribution in [0.1, 0.15) is 39.2 Å². The van der Waals surface area contributed by atoms with Crippen molar-refractivity contribution in [2.75, 3.05) is 18.5 Å². The average Bonchev–Trinajstić information content (AvgIpc) is 3.38. The second-order valence-corrected chi connectivity index (χ2v) is 11.6. The van der Waals surface area contributed by atoms with Crippen molar-refractivity contribution in [3.8, 4) is 0 Å². The predicted octanol–water partition coefficient (Wildman–Crippen LogP) is 3.31. The van der Waals surface area contributed by atoms with Gasteiger partial charge in [0.25, 0.3) is 0 Å². The topological polar surface area (TPSA) is 105 Å². The molecule has 3 aliphatic heterocycles. The normalized spacial score (nSPS) is 32.2. The lowest BCUT2D eigenvalue weighted by atomic mass is 9.70. The van der Waals surface area contributed by atoms with Crippen LogP contribution >= 0.6 is 27.5 Å². The summed E-state index contributed by atoms with van der Waals surface area (Å²) in [6.45, 7) is 7.38. The Kier molecular flexibility index (Phi) is 7.53. The molecule has 1 spiro atoms. The summed E-state index contributed by atoms with van der Waals surface area (Å²) in [4.78, 5) is 42.2. The molecule has 192 valence electrons. The van der Waals surface area contributed by atoms with E-state index in [2.05, 4.69) is 21.2 Å². The summed E-state index contributed by atoms with van der Waals surface area (Å²) >= 11 is 10.0. The molecular formula is C25H32BrClN2O6. The summed E-state index contributed by atoms with van der Waals surface area (Å²) in [7, 11) is 0. The predicted molar refractivity (Wildman–Crippen MR) is 134 cm³/mol. The molecule has 0 aromatic heterocycles. The van der Waals surface area contributed by atoms with Gasteiger partial charge in [-0.2, -0.15) is 0 Å². The molecule has 1 aromatic carbocycles. The van der Waals surface area contributed by atoms with Crippen molar-refractivity contribution in [3.05, 3.63) is 28.8 Å². The van der Waals surface area contributed by atoms with Gasteiger partial charge in [-0.05, 0) is 44.2 Å². The van der Waals surface area contributed by atoms with Gasteiger partial charge in [-0.3, -0.25) is 14.4 Å². The molecule has 35 heavy (non-hydrogen) atoms. The number of ether oxygens (including phenoxy) is 2. The molecule has 0 radical (unpaired) electrons. The molecule has 10 heteroatoms. The Labute approximate surface area is 218 Å². The lowest BCUT2D eigenvalue weighted by molar-refractivity contribution is -0.155. The van der Waals surface area contributed by atoms with Crippen molar-refractivity contribution in [2.24, 2.45) is 17.8 Å². The number of esters is 1. The number of carbonyl (C=O) groups is 3. The van der Waals surface area contributed by atoms with E-state index in [4.69, 9.17) is 21.1 Å². The Morgan fingerprint density at radius 3 is 2.71 bits per heavy atom. The number of likely N-dealkylation sites (tertiary alicyclic amines) is 1. The number of anilines is 1. The molecule has 0 saturated carbocycles. The molecule has 7 atom stereocenters. The number of para-hydroxylation sites is 1. The van der Waals surface area contributed by atoms with Gasteiger partial charge in [-0.15, -0.1) is 0 Å². The lowest BCUT2D eigenvalue weighted by Crippen LogP contribution is -2.56. The van der Waals surface area contributed by atoms with E-state index in [9.17, 15) is 19.5 Å². The molecule has 4 rings (SSSR count). The lowest BCUT2D eigenvalue weighted by Gasteiger charge is -2.37. The maximum Gasteiger partial charge on any atom is 0.312 e. The van der Waals surface area contributed by atoms with E-state index < -0.39 is 47.5 Å². The average molecular weight is 572 g/mol. The zero-order valence-corrected chi connectivity index (χ0v) is 22.6. The maximum atomic E-state index is 14.0. The first-order valence-corrected chi connectivity index (χ1v) is 13.3. The monoisotopic (exact) mass is 570 g/mol. The van der Waals surface area contributed by atoms with E-state index in [0.29, 0.717) is 23.6 Å². The van der Waals surface area contributed by atoms with Crippen LogP contribution < -0.4 is 5.32 Å². The molecule has 1 unspecified atom stereocenters. The molecule has 3 heterocycles.